The highest BCUT2D eigenvalue weighted by molar-refractivity contribution is 7.81. The molecule has 0 spiro atoms. The molecule has 0 aromatic carbocycles. The molecule has 10 nitrogen and oxygen atoms in total. The van der Waals surface area contributed by atoms with Gasteiger partial charge in [-0.05, 0) is 12.8 Å². The minimum Gasteiger partial charge on any atom is -0.726 e. The summed E-state index contributed by atoms with van der Waals surface area (Å²) in [5.41, 5.74) is 0. The quantitative estimate of drug-likeness (QED) is 0.212. The third-order valence-electron chi connectivity index (χ3n) is 3.10. The Bertz CT molecular complexity index is 470. The van der Waals surface area contributed by atoms with Crippen LogP contribution in [0.5, 0.6) is 0 Å². The summed E-state index contributed by atoms with van der Waals surface area (Å²) in [6.45, 7) is 3.61. The molecular formula is C15H40N2O8S2. The van der Waals surface area contributed by atoms with E-state index < -0.39 is 20.8 Å². The van der Waals surface area contributed by atoms with E-state index >= 15 is 0 Å². The van der Waals surface area contributed by atoms with Gasteiger partial charge in [0.2, 0.25) is 10.4 Å². The molecule has 0 heterocycles. The number of unbranched alkanes of at least 4 members (excludes halogenated alkanes) is 7. The van der Waals surface area contributed by atoms with Gasteiger partial charge in [-0.25, -0.2) is 8.42 Å². The van der Waals surface area contributed by atoms with Crippen molar-refractivity contribution in [3.05, 3.63) is 0 Å². The van der Waals surface area contributed by atoms with E-state index in [0.29, 0.717) is 0 Å². The van der Waals surface area contributed by atoms with Crippen LogP contribution in [0.4, 0.5) is 0 Å². The molecule has 0 aliphatic carbocycles. The Morgan fingerprint density at radius 3 is 1.33 bits per heavy atom. The molecule has 0 aromatic heterocycles. The maximum atomic E-state index is 9.33. The van der Waals surface area contributed by atoms with E-state index in [9.17, 15) is 21.4 Å². The third kappa shape index (κ3) is 51.8. The molecule has 12 heteroatoms. The Kier molecular flexibility index (Phi) is 24.1. The number of nitrogens with zero attached hydrogens (tertiary/aromatic N) is 1. The van der Waals surface area contributed by atoms with Gasteiger partial charge in [0.1, 0.15) is 0 Å². The van der Waals surface area contributed by atoms with Crippen LogP contribution in [0, 0.1) is 0 Å². The zero-order valence-corrected chi connectivity index (χ0v) is 19.3. The van der Waals surface area contributed by atoms with E-state index in [1.54, 1.807) is 0 Å². The van der Waals surface area contributed by atoms with Crippen molar-refractivity contribution in [2.75, 3.05) is 41.9 Å². The van der Waals surface area contributed by atoms with Crippen LogP contribution in [0.1, 0.15) is 58.3 Å². The van der Waals surface area contributed by atoms with Gasteiger partial charge in [0.05, 0.1) is 41.9 Å². The van der Waals surface area contributed by atoms with Gasteiger partial charge in [0.25, 0.3) is 0 Å². The summed E-state index contributed by atoms with van der Waals surface area (Å²) in [7, 11) is -0.0588. The molecule has 0 saturated heterocycles. The van der Waals surface area contributed by atoms with Crippen LogP contribution >= 0.6 is 0 Å². The maximum Gasteiger partial charge on any atom is 0.397 e. The van der Waals surface area contributed by atoms with Gasteiger partial charge in [0, 0.05) is 0 Å². The SMILES string of the molecule is CCCCCCCCCC[N+](C)(C)C.COS(=O)(=O)O.COS(=O)(=O)[O-].N. The average molecular weight is 441 g/mol. The molecule has 0 aliphatic rings. The second-order valence-electron chi connectivity index (χ2n) is 6.66. The molecule has 0 amide bonds. The van der Waals surface area contributed by atoms with Gasteiger partial charge in [-0.3, -0.25) is 12.9 Å². The fourth-order valence-corrected chi connectivity index (χ4v) is 1.72. The summed E-state index contributed by atoms with van der Waals surface area (Å²) in [6.07, 6.45) is 11.4. The minimum atomic E-state index is -4.41. The molecule has 0 aliphatic heterocycles. The zero-order chi connectivity index (χ0) is 21.3. The summed E-state index contributed by atoms with van der Waals surface area (Å²) >= 11 is 0. The fraction of sp³-hybridized carbons (Fsp3) is 1.00. The molecule has 4 N–H and O–H groups in total. The molecule has 0 rings (SSSR count). The lowest BCUT2D eigenvalue weighted by Gasteiger charge is -2.23. The molecule has 0 aromatic rings. The van der Waals surface area contributed by atoms with Gasteiger partial charge in [-0.2, -0.15) is 8.42 Å². The Labute approximate surface area is 166 Å². The first-order valence-electron chi connectivity index (χ1n) is 8.53. The first-order valence-corrected chi connectivity index (χ1v) is 11.2. The molecular weight excluding hydrogens is 400 g/mol. The number of hydrogen-bond donors (Lipinski definition) is 2. The molecule has 0 fully saturated rings. The molecule has 0 saturated carbocycles. The van der Waals surface area contributed by atoms with Crippen molar-refractivity contribution in [3.8, 4) is 0 Å². The highest BCUT2D eigenvalue weighted by Gasteiger charge is 2.04. The van der Waals surface area contributed by atoms with Gasteiger partial charge in [0.15, 0.2) is 0 Å². The monoisotopic (exact) mass is 440 g/mol. The summed E-state index contributed by atoms with van der Waals surface area (Å²) in [5, 5.41) is 0. The Morgan fingerprint density at radius 1 is 0.815 bits per heavy atom. The lowest BCUT2D eigenvalue weighted by Crippen LogP contribution is -2.35. The highest BCUT2D eigenvalue weighted by Crippen LogP contribution is 2.09. The number of hydrogen-bond acceptors (Lipinski definition) is 8. The molecule has 0 atom stereocenters. The lowest BCUT2D eigenvalue weighted by molar-refractivity contribution is -0.870. The van der Waals surface area contributed by atoms with Crippen LogP contribution in [-0.2, 0) is 29.2 Å². The van der Waals surface area contributed by atoms with Crippen molar-refractivity contribution in [1.29, 1.82) is 0 Å². The van der Waals surface area contributed by atoms with Crippen LogP contribution in [-0.4, -0.2) is 72.3 Å². The maximum absolute atomic E-state index is 9.33. The fourth-order valence-electron chi connectivity index (χ4n) is 1.72. The van der Waals surface area contributed by atoms with Crippen LogP contribution in [0.15, 0.2) is 0 Å². The third-order valence-corrected chi connectivity index (χ3v) is 3.93. The predicted octanol–water partition coefficient (Wildman–Crippen LogP) is 2.52. The van der Waals surface area contributed by atoms with Gasteiger partial charge in [-0.1, -0.05) is 45.4 Å². The summed E-state index contributed by atoms with van der Waals surface area (Å²) in [6, 6.07) is 0. The van der Waals surface area contributed by atoms with E-state index in [0.717, 1.165) is 18.7 Å². The van der Waals surface area contributed by atoms with Crippen LogP contribution in [0.25, 0.3) is 0 Å². The van der Waals surface area contributed by atoms with Gasteiger partial charge >= 0.3 is 10.4 Å². The van der Waals surface area contributed by atoms with Crippen molar-refractivity contribution in [2.24, 2.45) is 0 Å². The molecule has 0 radical (unpaired) electrons. The standard InChI is InChI=1S/C13H30N.2CH4O4S.H3N/c1-5-6-7-8-9-10-11-12-13-14(2,3)4;2*1-5-6(2,3)4;/h5-13H2,1-4H3;2*1H3,(H,2,3,4);1H3/q+1;;;/p-1. The number of rotatable bonds is 11. The van der Waals surface area contributed by atoms with Crippen molar-refractivity contribution in [1.82, 2.24) is 6.15 Å². The van der Waals surface area contributed by atoms with Crippen molar-refractivity contribution in [2.45, 2.75) is 58.3 Å². The van der Waals surface area contributed by atoms with Gasteiger partial charge in [-0.15, -0.1) is 0 Å². The van der Waals surface area contributed by atoms with Gasteiger partial charge < -0.3 is 15.2 Å². The largest absolute Gasteiger partial charge is 0.726 e. The Morgan fingerprint density at radius 2 is 1.11 bits per heavy atom. The Hall–Kier alpha value is -0.340. The van der Waals surface area contributed by atoms with Crippen molar-refractivity contribution < 1.29 is 38.8 Å². The van der Waals surface area contributed by atoms with Crippen molar-refractivity contribution in [3.63, 3.8) is 0 Å². The minimum absolute atomic E-state index is 0. The normalized spacial score (nSPS) is 11.4. The first kappa shape index (κ1) is 34.2. The summed E-state index contributed by atoms with van der Waals surface area (Å²) in [4.78, 5) is 0. The van der Waals surface area contributed by atoms with E-state index in [1.807, 2.05) is 0 Å². The molecule has 170 valence electrons. The zero-order valence-electron chi connectivity index (χ0n) is 17.6. The molecule has 0 unspecified atom stereocenters. The highest BCUT2D eigenvalue weighted by atomic mass is 32.3. The number of quaternary nitrogens is 1. The topological polar surface area (TPSA) is 165 Å². The Balaban J connectivity index is -0.000000170. The van der Waals surface area contributed by atoms with Crippen molar-refractivity contribution >= 4 is 20.8 Å². The lowest BCUT2D eigenvalue weighted by atomic mass is 10.1. The second-order valence-corrected chi connectivity index (χ2v) is 9.00. The molecule has 0 bridgehead atoms. The summed E-state index contributed by atoms with van der Waals surface area (Å²) < 4.78 is 61.9. The molecule has 27 heavy (non-hydrogen) atoms. The van der Waals surface area contributed by atoms with E-state index in [2.05, 4.69) is 36.4 Å². The smallest absolute Gasteiger partial charge is 0.397 e. The van der Waals surface area contributed by atoms with E-state index in [4.69, 9.17) is 4.55 Å². The van der Waals surface area contributed by atoms with Crippen LogP contribution < -0.4 is 6.15 Å². The van der Waals surface area contributed by atoms with Crippen LogP contribution in [0.2, 0.25) is 0 Å². The van der Waals surface area contributed by atoms with Crippen LogP contribution in [0.3, 0.4) is 0 Å². The van der Waals surface area contributed by atoms with E-state index in [-0.39, 0.29) is 6.15 Å². The average Bonchev–Trinajstić information content (AvgIpc) is 2.49. The second kappa shape index (κ2) is 19.0. The first-order chi connectivity index (χ1) is 11.7. The predicted molar refractivity (Wildman–Crippen MR) is 106 cm³/mol. The summed E-state index contributed by atoms with van der Waals surface area (Å²) in [5.74, 6) is 0. The van der Waals surface area contributed by atoms with E-state index in [1.165, 1.54) is 57.9 Å².